The molecule has 1 unspecified atom stereocenters. The van der Waals surface area contributed by atoms with E-state index in [2.05, 4.69) is 5.32 Å². The first kappa shape index (κ1) is 17.0. The monoisotopic (exact) mass is 299 g/mol. The molecular weight excluding hydrogens is 283 g/mol. The van der Waals surface area contributed by atoms with Crippen LogP contribution in [0.25, 0.3) is 0 Å². The van der Waals surface area contributed by atoms with Gasteiger partial charge in [-0.15, -0.1) is 0 Å². The standard InChI is InChI=1S/C14H16F3N3O/c1-3-20(9-14(15,16)17)10(2)13(21)19-12-6-4-11(8-18)5-7-12/h4-7,10H,3,9H2,1-2H3,(H,19,21). The van der Waals surface area contributed by atoms with Crippen molar-refractivity contribution in [2.75, 3.05) is 18.4 Å². The van der Waals surface area contributed by atoms with Gasteiger partial charge in [0.25, 0.3) is 0 Å². The number of carbonyl (C=O) groups excluding carboxylic acids is 1. The summed E-state index contributed by atoms with van der Waals surface area (Å²) in [5.74, 6) is -0.522. The number of hydrogen-bond acceptors (Lipinski definition) is 3. The summed E-state index contributed by atoms with van der Waals surface area (Å²) in [7, 11) is 0. The molecule has 0 heterocycles. The van der Waals surface area contributed by atoms with Gasteiger partial charge >= 0.3 is 6.18 Å². The third kappa shape index (κ3) is 5.44. The largest absolute Gasteiger partial charge is 0.401 e. The molecule has 1 N–H and O–H groups in total. The fourth-order valence-corrected chi connectivity index (χ4v) is 1.79. The minimum absolute atomic E-state index is 0.113. The third-order valence-corrected chi connectivity index (χ3v) is 3.00. The number of benzene rings is 1. The van der Waals surface area contributed by atoms with Gasteiger partial charge in [0, 0.05) is 5.69 Å². The predicted octanol–water partition coefficient (Wildman–Crippen LogP) is 2.77. The molecule has 21 heavy (non-hydrogen) atoms. The first-order chi connectivity index (χ1) is 9.76. The molecule has 0 aliphatic heterocycles. The Morgan fingerprint density at radius 1 is 1.38 bits per heavy atom. The van der Waals surface area contributed by atoms with Crippen LogP contribution in [0.4, 0.5) is 18.9 Å². The van der Waals surface area contributed by atoms with E-state index in [0.29, 0.717) is 11.3 Å². The van der Waals surface area contributed by atoms with Crippen LogP contribution in [0.3, 0.4) is 0 Å². The molecule has 4 nitrogen and oxygen atoms in total. The van der Waals surface area contributed by atoms with Crippen molar-refractivity contribution in [1.82, 2.24) is 4.90 Å². The van der Waals surface area contributed by atoms with Crippen LogP contribution in [0, 0.1) is 11.3 Å². The zero-order valence-corrected chi connectivity index (χ0v) is 11.7. The normalized spacial score (nSPS) is 12.8. The first-order valence-corrected chi connectivity index (χ1v) is 6.38. The Kier molecular flexibility index (Phi) is 5.73. The molecule has 7 heteroatoms. The molecule has 0 bridgehead atoms. The van der Waals surface area contributed by atoms with Crippen molar-refractivity contribution in [3.05, 3.63) is 29.8 Å². The van der Waals surface area contributed by atoms with E-state index in [1.54, 1.807) is 6.92 Å². The molecule has 0 fully saturated rings. The predicted molar refractivity (Wildman–Crippen MR) is 72.6 cm³/mol. The first-order valence-electron chi connectivity index (χ1n) is 6.38. The third-order valence-electron chi connectivity index (χ3n) is 3.00. The van der Waals surface area contributed by atoms with E-state index in [9.17, 15) is 18.0 Å². The number of nitrogens with zero attached hydrogens (tertiary/aromatic N) is 2. The minimum Gasteiger partial charge on any atom is -0.325 e. The molecule has 1 aromatic carbocycles. The Morgan fingerprint density at radius 2 is 1.95 bits per heavy atom. The van der Waals surface area contributed by atoms with E-state index in [1.807, 2.05) is 6.07 Å². The van der Waals surface area contributed by atoms with Gasteiger partial charge in [-0.2, -0.15) is 18.4 Å². The average Bonchev–Trinajstić information content (AvgIpc) is 2.43. The molecule has 0 aliphatic rings. The van der Waals surface area contributed by atoms with Crippen molar-refractivity contribution in [2.24, 2.45) is 0 Å². The van der Waals surface area contributed by atoms with Gasteiger partial charge in [-0.25, -0.2) is 0 Å². The maximum Gasteiger partial charge on any atom is 0.401 e. The zero-order valence-electron chi connectivity index (χ0n) is 11.7. The van der Waals surface area contributed by atoms with Crippen LogP contribution in [0.2, 0.25) is 0 Å². The minimum atomic E-state index is -4.35. The van der Waals surface area contributed by atoms with Gasteiger partial charge in [-0.1, -0.05) is 6.92 Å². The summed E-state index contributed by atoms with van der Waals surface area (Å²) in [6.45, 7) is 1.97. The van der Waals surface area contributed by atoms with E-state index in [4.69, 9.17) is 5.26 Å². The number of rotatable bonds is 5. The fourth-order valence-electron chi connectivity index (χ4n) is 1.79. The number of nitriles is 1. The lowest BCUT2D eigenvalue weighted by Gasteiger charge is -2.27. The van der Waals surface area contributed by atoms with Crippen molar-refractivity contribution >= 4 is 11.6 Å². The molecule has 0 spiro atoms. The van der Waals surface area contributed by atoms with Crippen LogP contribution in [-0.2, 0) is 4.79 Å². The number of carbonyl (C=O) groups is 1. The van der Waals surface area contributed by atoms with Gasteiger partial charge in [0.1, 0.15) is 0 Å². The van der Waals surface area contributed by atoms with Gasteiger partial charge in [0.15, 0.2) is 0 Å². The Bertz CT molecular complexity index is 520. The summed E-state index contributed by atoms with van der Waals surface area (Å²) >= 11 is 0. The highest BCUT2D eigenvalue weighted by molar-refractivity contribution is 5.94. The lowest BCUT2D eigenvalue weighted by molar-refractivity contribution is -0.152. The molecule has 1 amide bonds. The van der Waals surface area contributed by atoms with Gasteiger partial charge in [0.2, 0.25) is 5.91 Å². The smallest absolute Gasteiger partial charge is 0.325 e. The summed E-state index contributed by atoms with van der Waals surface area (Å²) in [6.07, 6.45) is -4.35. The number of halogens is 3. The SMILES string of the molecule is CCN(CC(F)(F)F)C(C)C(=O)Nc1ccc(C#N)cc1. The summed E-state index contributed by atoms with van der Waals surface area (Å²) in [5, 5.41) is 11.2. The summed E-state index contributed by atoms with van der Waals surface area (Å²) in [5.41, 5.74) is 0.877. The molecule has 1 aromatic rings. The highest BCUT2D eigenvalue weighted by atomic mass is 19.4. The highest BCUT2D eigenvalue weighted by Crippen LogP contribution is 2.18. The number of nitrogens with one attached hydrogen (secondary N) is 1. The molecule has 1 atom stereocenters. The van der Waals surface area contributed by atoms with E-state index in [1.165, 1.54) is 31.2 Å². The second-order valence-electron chi connectivity index (χ2n) is 4.53. The van der Waals surface area contributed by atoms with Gasteiger partial charge in [0.05, 0.1) is 24.2 Å². The molecule has 0 saturated heterocycles. The van der Waals surface area contributed by atoms with Crippen LogP contribution in [-0.4, -0.2) is 36.1 Å². The lowest BCUT2D eigenvalue weighted by Crippen LogP contribution is -2.46. The summed E-state index contributed by atoms with van der Waals surface area (Å²) < 4.78 is 37.3. The number of alkyl halides is 3. The van der Waals surface area contributed by atoms with Crippen LogP contribution in [0.5, 0.6) is 0 Å². The Labute approximate surface area is 121 Å². The fraction of sp³-hybridized carbons (Fsp3) is 0.429. The van der Waals surface area contributed by atoms with E-state index >= 15 is 0 Å². The zero-order chi connectivity index (χ0) is 16.0. The number of amides is 1. The molecule has 114 valence electrons. The second-order valence-corrected chi connectivity index (χ2v) is 4.53. The average molecular weight is 299 g/mol. The highest BCUT2D eigenvalue weighted by Gasteiger charge is 2.33. The Balaban J connectivity index is 2.70. The van der Waals surface area contributed by atoms with E-state index in [-0.39, 0.29) is 6.54 Å². The Morgan fingerprint density at radius 3 is 2.38 bits per heavy atom. The maximum absolute atomic E-state index is 12.4. The van der Waals surface area contributed by atoms with Gasteiger partial charge in [-0.05, 0) is 37.7 Å². The molecule has 1 rings (SSSR count). The number of hydrogen-bond donors (Lipinski definition) is 1. The van der Waals surface area contributed by atoms with Gasteiger partial charge < -0.3 is 5.32 Å². The van der Waals surface area contributed by atoms with Crippen LogP contribution in [0.1, 0.15) is 19.4 Å². The van der Waals surface area contributed by atoms with Crippen LogP contribution < -0.4 is 5.32 Å². The number of likely N-dealkylation sites (N-methyl/N-ethyl adjacent to an activating group) is 1. The van der Waals surface area contributed by atoms with Crippen molar-refractivity contribution in [2.45, 2.75) is 26.1 Å². The van der Waals surface area contributed by atoms with Crippen molar-refractivity contribution in [1.29, 1.82) is 5.26 Å². The molecule has 0 radical (unpaired) electrons. The van der Waals surface area contributed by atoms with Crippen LogP contribution in [0.15, 0.2) is 24.3 Å². The number of anilines is 1. The molecule has 0 aliphatic carbocycles. The molecule has 0 saturated carbocycles. The van der Waals surface area contributed by atoms with E-state index < -0.39 is 24.7 Å². The van der Waals surface area contributed by atoms with Gasteiger partial charge in [-0.3, -0.25) is 9.69 Å². The quantitative estimate of drug-likeness (QED) is 0.909. The topological polar surface area (TPSA) is 56.1 Å². The van der Waals surface area contributed by atoms with E-state index in [0.717, 1.165) is 4.90 Å². The maximum atomic E-state index is 12.4. The Hall–Kier alpha value is -2.07. The second kappa shape index (κ2) is 7.09. The summed E-state index contributed by atoms with van der Waals surface area (Å²) in [4.78, 5) is 13.0. The lowest BCUT2D eigenvalue weighted by atomic mass is 10.2. The molecule has 0 aromatic heterocycles. The molecular formula is C14H16F3N3O. The van der Waals surface area contributed by atoms with Crippen molar-refractivity contribution < 1.29 is 18.0 Å². The van der Waals surface area contributed by atoms with Crippen molar-refractivity contribution in [3.8, 4) is 6.07 Å². The summed E-state index contributed by atoms with van der Waals surface area (Å²) in [6, 6.07) is 7.13. The van der Waals surface area contributed by atoms with Crippen molar-refractivity contribution in [3.63, 3.8) is 0 Å². The van der Waals surface area contributed by atoms with Crippen LogP contribution >= 0.6 is 0 Å².